The predicted octanol–water partition coefficient (Wildman–Crippen LogP) is -0.306. The van der Waals surface area contributed by atoms with Gasteiger partial charge in [-0.05, 0) is 45.0 Å². The highest BCUT2D eigenvalue weighted by Gasteiger charge is 2.73. The number of nitrogens with one attached hydrogen (secondary N) is 2. The summed E-state index contributed by atoms with van der Waals surface area (Å²) in [6.07, 6.45) is -12.1. The quantitative estimate of drug-likeness (QED) is 0.0985. The number of urea groups is 1. The Morgan fingerprint density at radius 2 is 1.65 bits per heavy atom. The van der Waals surface area contributed by atoms with E-state index in [1.54, 1.807) is 0 Å². The number of carbonyl (C=O) groups excluding carboxylic acids is 5. The molecule has 1 heterocycles. The average molecular weight is 634 g/mol. The Balaban J connectivity index is 2.40. The van der Waals surface area contributed by atoms with Crippen LogP contribution in [0, 0.1) is 4.91 Å². The van der Waals surface area contributed by atoms with Gasteiger partial charge in [0.25, 0.3) is 0 Å². The molecule has 0 spiro atoms. The van der Waals surface area contributed by atoms with Gasteiger partial charge in [-0.25, -0.2) is 18.9 Å². The highest BCUT2D eigenvalue weighted by atomic mass is 35.5. The number of aliphatic hydroxyl groups is 3. The maximum atomic E-state index is 16.0. The van der Waals surface area contributed by atoms with Crippen molar-refractivity contribution < 1.29 is 58.3 Å². The maximum Gasteiger partial charge on any atom is 0.414 e. The maximum absolute atomic E-state index is 16.0. The summed E-state index contributed by atoms with van der Waals surface area (Å²) in [5, 5.41) is 49.3. The molecule has 2 rings (SSSR count). The summed E-state index contributed by atoms with van der Waals surface area (Å²) in [5.41, 5.74) is -7.59. The minimum absolute atomic E-state index is 0.0363. The zero-order valence-electron chi connectivity index (χ0n) is 22.9. The van der Waals surface area contributed by atoms with Gasteiger partial charge in [0.1, 0.15) is 6.10 Å². The van der Waals surface area contributed by atoms with E-state index in [9.17, 15) is 54.1 Å². The summed E-state index contributed by atoms with van der Waals surface area (Å²) in [4.78, 5) is 84.8. The van der Waals surface area contributed by atoms with Gasteiger partial charge in [-0.2, -0.15) is 5.01 Å². The van der Waals surface area contributed by atoms with Gasteiger partial charge >= 0.3 is 12.1 Å². The van der Waals surface area contributed by atoms with Gasteiger partial charge < -0.3 is 35.8 Å². The second-order valence-electron chi connectivity index (χ2n) is 9.33. The molecule has 4 amide bonds. The van der Waals surface area contributed by atoms with E-state index in [0.717, 1.165) is 31.2 Å². The number of rotatable bonds is 12. The Bertz CT molecular complexity index is 1280. The van der Waals surface area contributed by atoms with Gasteiger partial charge in [-0.15, -0.1) is 16.5 Å². The molecule has 43 heavy (non-hydrogen) atoms. The van der Waals surface area contributed by atoms with Crippen molar-refractivity contribution in [2.24, 2.45) is 5.29 Å². The Labute approximate surface area is 247 Å². The summed E-state index contributed by atoms with van der Waals surface area (Å²) in [7, 11) is 0. The zero-order valence-corrected chi connectivity index (χ0v) is 23.6. The lowest BCUT2D eigenvalue weighted by Crippen LogP contribution is -2.81. The van der Waals surface area contributed by atoms with E-state index in [-0.39, 0.29) is 28.7 Å². The van der Waals surface area contributed by atoms with Crippen LogP contribution < -0.4 is 15.5 Å². The van der Waals surface area contributed by atoms with Gasteiger partial charge in [0.05, 0.1) is 18.4 Å². The van der Waals surface area contributed by atoms with E-state index in [1.165, 1.54) is 0 Å². The number of carboxylic acid groups (broad SMARTS) is 1. The van der Waals surface area contributed by atoms with Crippen LogP contribution in [0.2, 0.25) is 0 Å². The van der Waals surface area contributed by atoms with E-state index in [4.69, 9.17) is 16.3 Å². The van der Waals surface area contributed by atoms with Crippen molar-refractivity contribution in [3.8, 4) is 0 Å². The van der Waals surface area contributed by atoms with Gasteiger partial charge in [-0.1, -0.05) is 0 Å². The minimum atomic E-state index is -3.69. The molecule has 0 bridgehead atoms. The number of carbonyl (C=O) groups is 6. The van der Waals surface area contributed by atoms with Crippen LogP contribution in [0.5, 0.6) is 0 Å². The fourth-order valence-electron chi connectivity index (χ4n) is 4.31. The first kappa shape index (κ1) is 35.1. The molecule has 6 N–H and O–H groups in total. The molecule has 1 fully saturated rings. The second-order valence-corrected chi connectivity index (χ2v) is 9.71. The second kappa shape index (κ2) is 13.9. The number of ketones is 3. The fraction of sp³-hybridized carbons (Fsp3) is 0.500. The van der Waals surface area contributed by atoms with E-state index in [2.05, 4.69) is 15.9 Å². The van der Waals surface area contributed by atoms with Gasteiger partial charge in [-0.3, -0.25) is 19.2 Å². The summed E-state index contributed by atoms with van der Waals surface area (Å²) in [5.74, 6) is -5.36. The summed E-state index contributed by atoms with van der Waals surface area (Å²) in [6.45, 7) is 1.31. The third kappa shape index (κ3) is 6.78. The van der Waals surface area contributed by atoms with Crippen LogP contribution in [0.25, 0.3) is 0 Å². The summed E-state index contributed by atoms with van der Waals surface area (Å²) in [6, 6.07) is 3.33. The predicted molar refractivity (Wildman–Crippen MR) is 144 cm³/mol. The highest BCUT2D eigenvalue weighted by molar-refractivity contribution is 6.18. The molecule has 0 saturated carbocycles. The van der Waals surface area contributed by atoms with E-state index < -0.39 is 77.7 Å². The van der Waals surface area contributed by atoms with E-state index in [0.29, 0.717) is 18.9 Å². The largest absolute Gasteiger partial charge is 0.465 e. The lowest BCUT2D eigenvalue weighted by atomic mass is 9.67. The summed E-state index contributed by atoms with van der Waals surface area (Å²) < 4.78 is 21.2. The molecule has 1 aliphatic heterocycles. The number of aliphatic hydroxyl groups excluding tert-OH is 1. The number of halogens is 2. The van der Waals surface area contributed by atoms with Crippen LogP contribution in [0.4, 0.5) is 25.4 Å². The van der Waals surface area contributed by atoms with Crippen LogP contribution in [0.1, 0.15) is 20.8 Å². The molecule has 1 aromatic rings. The first-order chi connectivity index (χ1) is 20.0. The van der Waals surface area contributed by atoms with Crippen LogP contribution in [0.3, 0.4) is 0 Å². The number of hydrogen-bond acceptors (Lipinski definition) is 12. The molecule has 1 saturated heterocycles. The number of anilines is 2. The van der Waals surface area contributed by atoms with Crippen molar-refractivity contribution in [2.45, 2.75) is 56.6 Å². The average Bonchev–Trinajstić information content (AvgIpc) is 2.94. The van der Waals surface area contributed by atoms with Gasteiger partial charge in [0, 0.05) is 17.3 Å². The first-order valence-electron chi connectivity index (χ1n) is 12.3. The lowest BCUT2D eigenvalue weighted by Gasteiger charge is -2.53. The van der Waals surface area contributed by atoms with Crippen molar-refractivity contribution in [1.82, 2.24) is 10.3 Å². The van der Waals surface area contributed by atoms with Gasteiger partial charge in [0.2, 0.25) is 5.91 Å². The third-order valence-corrected chi connectivity index (χ3v) is 6.72. The Hall–Kier alpha value is -4.10. The molecule has 1 aliphatic rings. The van der Waals surface area contributed by atoms with Gasteiger partial charge in [0.15, 0.2) is 47.1 Å². The standard InChI is InChI=1S/C24H29ClFN5O12/c1-11(32)17(36)19-24(41,13(3)34)23(40,12(2)33)18(26)20(43-19)31(22(38)39)15-6-4-14(5-7-15)28-16(35)10-27-21(37)30(29-42)9-8-25/h4-7,11,18-20,32,40-41H,8-10H2,1-3H3,(H,27,37)(H,28,35)(H,38,39)/t11?,18-,19-,20-,23-,24-/m1/s1. The number of alkyl halides is 2. The van der Waals surface area contributed by atoms with E-state index in [1.807, 2.05) is 0 Å². The first-order valence-corrected chi connectivity index (χ1v) is 12.9. The third-order valence-electron chi connectivity index (χ3n) is 6.55. The Kier molecular flexibility index (Phi) is 11.4. The monoisotopic (exact) mass is 633 g/mol. The minimum Gasteiger partial charge on any atom is -0.465 e. The number of Topliss-reactive ketones (excluding diaryl/α,β-unsaturated/α-hetero) is 3. The molecule has 19 heteroatoms. The summed E-state index contributed by atoms with van der Waals surface area (Å²) >= 11 is 5.44. The number of ether oxygens (including phenoxy) is 1. The highest BCUT2D eigenvalue weighted by Crippen LogP contribution is 2.44. The molecule has 236 valence electrons. The molecule has 1 unspecified atom stereocenters. The molecule has 6 atom stereocenters. The van der Waals surface area contributed by atoms with Crippen molar-refractivity contribution in [1.29, 1.82) is 0 Å². The fourth-order valence-corrected chi connectivity index (χ4v) is 4.47. The molecule has 0 aromatic heterocycles. The van der Waals surface area contributed by atoms with Crippen molar-refractivity contribution in [3.63, 3.8) is 0 Å². The van der Waals surface area contributed by atoms with Crippen LogP contribution in [-0.2, 0) is 23.9 Å². The van der Waals surface area contributed by atoms with Crippen molar-refractivity contribution in [2.75, 3.05) is 29.2 Å². The molecule has 0 aliphatic carbocycles. The molecule has 0 radical (unpaired) electrons. The number of amides is 4. The van der Waals surface area contributed by atoms with Crippen LogP contribution in [-0.4, -0.2) is 116 Å². The van der Waals surface area contributed by atoms with Crippen LogP contribution in [0.15, 0.2) is 29.6 Å². The van der Waals surface area contributed by atoms with E-state index >= 15 is 4.39 Å². The smallest absolute Gasteiger partial charge is 0.414 e. The normalized spacial score (nSPS) is 25.5. The molecule has 17 nitrogen and oxygen atoms in total. The van der Waals surface area contributed by atoms with Crippen molar-refractivity contribution in [3.05, 3.63) is 29.2 Å². The van der Waals surface area contributed by atoms with Crippen molar-refractivity contribution >= 4 is 58.4 Å². The lowest BCUT2D eigenvalue weighted by molar-refractivity contribution is -0.273. The number of hydrogen-bond donors (Lipinski definition) is 6. The molecular weight excluding hydrogens is 605 g/mol. The molecular formula is C24H29ClFN5O12. The topological polar surface area (TPSA) is 253 Å². The zero-order chi connectivity index (χ0) is 32.9. The number of benzene rings is 1. The Morgan fingerprint density at radius 3 is 2.09 bits per heavy atom. The molecule has 1 aromatic carbocycles. The number of nitrogens with zero attached hydrogens (tertiary/aromatic N) is 3. The number of nitroso groups, excluding NO2 is 1. The Morgan fingerprint density at radius 1 is 1.09 bits per heavy atom. The SMILES string of the molecule is CC(=O)[C@@]1(O)[C@@H](C(=O)C(C)O)O[C@@H](N(C(=O)O)c2ccc(NC(=O)CNC(=O)N(CCCl)N=O)cc2)[C@@H](F)[C@]1(O)C(C)=O. The van der Waals surface area contributed by atoms with Crippen LogP contribution >= 0.6 is 11.6 Å².